The van der Waals surface area contributed by atoms with Gasteiger partial charge in [-0.05, 0) is 5.92 Å². The third kappa shape index (κ3) is 3.32. The molecule has 0 aliphatic carbocycles. The fourth-order valence-corrected chi connectivity index (χ4v) is 2.57. The van der Waals surface area contributed by atoms with Crippen molar-refractivity contribution in [1.29, 1.82) is 0 Å². The number of carbonyl (C=O) groups is 2. The second-order valence-corrected chi connectivity index (χ2v) is 6.02. The Balaban J connectivity index is 2.35. The molecule has 0 saturated heterocycles. The van der Waals surface area contributed by atoms with Crippen molar-refractivity contribution in [3.8, 4) is 0 Å². The average molecular weight is 351 g/mol. The van der Waals surface area contributed by atoms with Gasteiger partial charge in [-0.1, -0.05) is 20.3 Å². The fraction of sp³-hybridized carbons (Fsp3) is 0.533. The predicted octanol–water partition coefficient (Wildman–Crippen LogP) is -0.951. The van der Waals surface area contributed by atoms with Crippen LogP contribution in [0.5, 0.6) is 0 Å². The Kier molecular flexibility index (Phi) is 5.10. The van der Waals surface area contributed by atoms with E-state index in [2.05, 4.69) is 10.3 Å². The topological polar surface area (TPSA) is 128 Å². The Bertz CT molecular complexity index is 938. The predicted molar refractivity (Wildman–Crippen MR) is 89.2 cm³/mol. The van der Waals surface area contributed by atoms with Crippen LogP contribution < -0.4 is 16.6 Å². The molecule has 10 heteroatoms. The van der Waals surface area contributed by atoms with E-state index in [-0.39, 0.29) is 23.6 Å². The molecule has 0 saturated carbocycles. The van der Waals surface area contributed by atoms with Crippen molar-refractivity contribution in [3.05, 3.63) is 27.2 Å². The van der Waals surface area contributed by atoms with E-state index in [9.17, 15) is 24.3 Å². The quantitative estimate of drug-likeness (QED) is 0.690. The zero-order valence-corrected chi connectivity index (χ0v) is 14.5. The number of imidazole rings is 1. The van der Waals surface area contributed by atoms with Gasteiger partial charge in [-0.25, -0.2) is 14.6 Å². The monoisotopic (exact) mass is 351 g/mol. The summed E-state index contributed by atoms with van der Waals surface area (Å²) in [5.74, 6) is -1.91. The maximum atomic E-state index is 12.3. The fourth-order valence-electron chi connectivity index (χ4n) is 2.57. The third-order valence-corrected chi connectivity index (χ3v) is 4.33. The number of hydrogen-bond donors (Lipinski definition) is 2. The lowest BCUT2D eigenvalue weighted by Crippen LogP contribution is -2.46. The number of aromatic nitrogens is 4. The van der Waals surface area contributed by atoms with Gasteiger partial charge in [-0.2, -0.15) is 0 Å². The van der Waals surface area contributed by atoms with E-state index in [1.54, 1.807) is 6.92 Å². The number of rotatable bonds is 6. The summed E-state index contributed by atoms with van der Waals surface area (Å²) in [6.07, 6.45) is 1.87. The third-order valence-electron chi connectivity index (χ3n) is 4.33. The lowest BCUT2D eigenvalue weighted by molar-refractivity contribution is -0.143. The molecule has 2 rings (SSSR count). The zero-order valence-electron chi connectivity index (χ0n) is 14.5. The summed E-state index contributed by atoms with van der Waals surface area (Å²) in [5, 5.41) is 11.7. The van der Waals surface area contributed by atoms with Crippen molar-refractivity contribution in [2.45, 2.75) is 32.9 Å². The second kappa shape index (κ2) is 6.91. The van der Waals surface area contributed by atoms with Crippen molar-refractivity contribution in [3.63, 3.8) is 0 Å². The summed E-state index contributed by atoms with van der Waals surface area (Å²) in [5.41, 5.74) is -0.817. The number of nitrogens with one attached hydrogen (secondary N) is 1. The van der Waals surface area contributed by atoms with Gasteiger partial charge >= 0.3 is 11.7 Å². The van der Waals surface area contributed by atoms with Crippen LogP contribution in [0.1, 0.15) is 20.3 Å². The maximum Gasteiger partial charge on any atom is 0.332 e. The van der Waals surface area contributed by atoms with Gasteiger partial charge in [0.05, 0.1) is 6.33 Å². The molecule has 2 aromatic heterocycles. The minimum atomic E-state index is -1.11. The van der Waals surface area contributed by atoms with Gasteiger partial charge in [0.15, 0.2) is 11.2 Å². The van der Waals surface area contributed by atoms with Gasteiger partial charge in [0, 0.05) is 14.1 Å². The Morgan fingerprint density at radius 2 is 1.92 bits per heavy atom. The van der Waals surface area contributed by atoms with Gasteiger partial charge in [0.2, 0.25) is 5.91 Å². The molecule has 0 aliphatic rings. The van der Waals surface area contributed by atoms with Crippen LogP contribution in [0.2, 0.25) is 0 Å². The molecule has 10 nitrogen and oxygen atoms in total. The lowest BCUT2D eigenvalue weighted by Gasteiger charge is -2.20. The molecule has 2 aromatic rings. The minimum absolute atomic E-state index is 0.107. The zero-order chi connectivity index (χ0) is 18.9. The van der Waals surface area contributed by atoms with E-state index in [1.165, 1.54) is 29.6 Å². The number of fused-ring (bicyclic) bond motifs is 1. The Labute approximate surface area is 142 Å². The molecule has 0 aliphatic heterocycles. The highest BCUT2D eigenvalue weighted by atomic mass is 16.4. The number of hydrogen-bond acceptors (Lipinski definition) is 5. The van der Waals surface area contributed by atoms with Crippen molar-refractivity contribution >= 4 is 23.0 Å². The summed E-state index contributed by atoms with van der Waals surface area (Å²) in [7, 11) is 2.82. The van der Waals surface area contributed by atoms with Gasteiger partial charge in [-0.3, -0.25) is 18.7 Å². The summed E-state index contributed by atoms with van der Waals surface area (Å²) in [6.45, 7) is 3.29. The van der Waals surface area contributed by atoms with E-state index in [0.29, 0.717) is 6.42 Å². The average Bonchev–Trinajstić information content (AvgIpc) is 2.98. The second-order valence-electron chi connectivity index (χ2n) is 6.02. The molecule has 0 radical (unpaired) electrons. The molecule has 0 fully saturated rings. The van der Waals surface area contributed by atoms with E-state index in [4.69, 9.17) is 0 Å². The van der Waals surface area contributed by atoms with E-state index >= 15 is 0 Å². The minimum Gasteiger partial charge on any atom is -0.480 e. The molecule has 2 N–H and O–H groups in total. The maximum absolute atomic E-state index is 12.3. The normalized spacial score (nSPS) is 13.6. The van der Waals surface area contributed by atoms with Crippen molar-refractivity contribution in [2.75, 3.05) is 0 Å². The first-order valence-corrected chi connectivity index (χ1v) is 7.82. The van der Waals surface area contributed by atoms with Crippen LogP contribution >= 0.6 is 0 Å². The van der Waals surface area contributed by atoms with Crippen LogP contribution in [-0.4, -0.2) is 41.7 Å². The highest BCUT2D eigenvalue weighted by molar-refractivity contribution is 5.84. The van der Waals surface area contributed by atoms with Crippen molar-refractivity contribution < 1.29 is 14.7 Å². The number of carboxylic acid groups (broad SMARTS) is 1. The van der Waals surface area contributed by atoms with Gasteiger partial charge in [0.25, 0.3) is 5.56 Å². The summed E-state index contributed by atoms with van der Waals surface area (Å²) >= 11 is 0. The Morgan fingerprint density at radius 3 is 2.48 bits per heavy atom. The molecule has 2 heterocycles. The van der Waals surface area contributed by atoms with E-state index in [1.807, 2.05) is 6.92 Å². The molecular formula is C15H21N5O5. The molecule has 0 spiro atoms. The highest BCUT2D eigenvalue weighted by Gasteiger charge is 2.25. The summed E-state index contributed by atoms with van der Waals surface area (Å²) in [4.78, 5) is 51.8. The lowest BCUT2D eigenvalue weighted by atomic mass is 9.99. The number of carbonyl (C=O) groups excluding carboxylic acids is 1. The first-order chi connectivity index (χ1) is 11.7. The largest absolute Gasteiger partial charge is 0.480 e. The molecular weight excluding hydrogens is 330 g/mol. The number of aryl methyl sites for hydroxylation is 1. The van der Waals surface area contributed by atoms with Crippen LogP contribution in [0.25, 0.3) is 11.2 Å². The van der Waals surface area contributed by atoms with Gasteiger partial charge in [-0.15, -0.1) is 0 Å². The summed E-state index contributed by atoms with van der Waals surface area (Å²) in [6, 6.07) is -1.01. The molecule has 0 aromatic carbocycles. The standard InChI is InChI=1S/C15H21N5O5/c1-5-8(2)10(14(23)24)17-9(21)6-20-7-16-12-11(20)13(22)19(4)15(25)18(12)3/h7-8,10H,5-6H2,1-4H3,(H,17,21)(H,23,24)/t8-,10-/m0/s1. The first kappa shape index (κ1) is 18.4. The molecule has 2 atom stereocenters. The Hall–Kier alpha value is -2.91. The van der Waals surface area contributed by atoms with E-state index < -0.39 is 29.2 Å². The van der Waals surface area contributed by atoms with Crippen molar-refractivity contribution in [2.24, 2.45) is 20.0 Å². The molecule has 25 heavy (non-hydrogen) atoms. The first-order valence-electron chi connectivity index (χ1n) is 7.82. The van der Waals surface area contributed by atoms with Gasteiger partial charge in [0.1, 0.15) is 12.6 Å². The van der Waals surface area contributed by atoms with Crippen LogP contribution in [0, 0.1) is 5.92 Å². The number of nitrogens with zero attached hydrogens (tertiary/aromatic N) is 4. The van der Waals surface area contributed by atoms with Crippen LogP contribution in [0.3, 0.4) is 0 Å². The Morgan fingerprint density at radius 1 is 1.28 bits per heavy atom. The van der Waals surface area contributed by atoms with Crippen LogP contribution in [0.4, 0.5) is 0 Å². The van der Waals surface area contributed by atoms with Crippen molar-refractivity contribution in [1.82, 2.24) is 24.0 Å². The number of carboxylic acids is 1. The number of amides is 1. The number of aliphatic carboxylic acids is 1. The molecule has 0 bridgehead atoms. The smallest absolute Gasteiger partial charge is 0.332 e. The highest BCUT2D eigenvalue weighted by Crippen LogP contribution is 2.09. The SMILES string of the molecule is CC[C@H](C)[C@H](NC(=O)Cn1cnc2c1c(=O)n(C)c(=O)n2C)C(=O)O. The van der Waals surface area contributed by atoms with Crippen LogP contribution in [0.15, 0.2) is 15.9 Å². The molecule has 136 valence electrons. The molecule has 1 amide bonds. The van der Waals surface area contributed by atoms with Crippen LogP contribution in [-0.2, 0) is 30.2 Å². The summed E-state index contributed by atoms with van der Waals surface area (Å²) < 4.78 is 3.45. The van der Waals surface area contributed by atoms with Gasteiger partial charge < -0.3 is 15.0 Å². The van der Waals surface area contributed by atoms with E-state index in [0.717, 1.165) is 4.57 Å². The molecule has 0 unspecified atom stereocenters.